The average molecular weight is 319 g/mol. The van der Waals surface area contributed by atoms with E-state index in [0.29, 0.717) is 16.6 Å². The Labute approximate surface area is 135 Å². The number of carbonyl (C=O) groups excluding carboxylic acids is 1. The number of halogens is 1. The van der Waals surface area contributed by atoms with Crippen LogP contribution >= 0.6 is 11.6 Å². The number of aromatic hydroxyl groups is 1. The van der Waals surface area contributed by atoms with Gasteiger partial charge in [0.2, 0.25) is 0 Å². The number of phenols is 1. The summed E-state index contributed by atoms with van der Waals surface area (Å²) in [5.41, 5.74) is 2.06. The number of hydrogen-bond acceptors (Lipinski definition) is 3. The van der Waals surface area contributed by atoms with E-state index in [2.05, 4.69) is 18.9 Å². The Bertz CT molecular complexity index is 700. The number of aromatic nitrogens is 2. The molecule has 0 amide bonds. The van der Waals surface area contributed by atoms with Gasteiger partial charge in [0.1, 0.15) is 10.9 Å². The molecule has 0 unspecified atom stereocenters. The number of aryl methyl sites for hydroxylation is 1. The van der Waals surface area contributed by atoms with Crippen LogP contribution in [0.15, 0.2) is 30.3 Å². The van der Waals surface area contributed by atoms with Gasteiger partial charge in [0, 0.05) is 17.7 Å². The number of benzene rings is 1. The number of ketones is 1. The molecular weight excluding hydrogens is 300 g/mol. The second-order valence-corrected chi connectivity index (χ2v) is 5.97. The van der Waals surface area contributed by atoms with Crippen molar-refractivity contribution in [1.29, 1.82) is 0 Å². The van der Waals surface area contributed by atoms with Crippen molar-refractivity contribution in [2.24, 2.45) is 5.92 Å². The lowest BCUT2D eigenvalue weighted by Gasteiger charge is -2.05. The highest BCUT2D eigenvalue weighted by molar-refractivity contribution is 6.31. The van der Waals surface area contributed by atoms with E-state index in [0.717, 1.165) is 17.8 Å². The van der Waals surface area contributed by atoms with E-state index < -0.39 is 0 Å². The quantitative estimate of drug-likeness (QED) is 0.667. The summed E-state index contributed by atoms with van der Waals surface area (Å²) >= 11 is 6.33. The first-order chi connectivity index (χ1) is 10.4. The lowest BCUT2D eigenvalue weighted by atomic mass is 10.1. The normalized spacial score (nSPS) is 11.5. The molecule has 0 atom stereocenters. The monoisotopic (exact) mass is 318 g/mol. The number of rotatable bonds is 5. The van der Waals surface area contributed by atoms with Crippen molar-refractivity contribution in [3.63, 3.8) is 0 Å². The summed E-state index contributed by atoms with van der Waals surface area (Å²) in [4.78, 5) is 12.1. The molecule has 0 aliphatic rings. The minimum Gasteiger partial charge on any atom is -0.508 e. The van der Waals surface area contributed by atoms with Crippen molar-refractivity contribution < 1.29 is 9.90 Å². The van der Waals surface area contributed by atoms with Crippen LogP contribution in [-0.4, -0.2) is 20.7 Å². The summed E-state index contributed by atoms with van der Waals surface area (Å²) in [5, 5.41) is 14.2. The van der Waals surface area contributed by atoms with Crippen LogP contribution in [0.2, 0.25) is 5.15 Å². The highest BCUT2D eigenvalue weighted by Crippen LogP contribution is 2.22. The van der Waals surface area contributed by atoms with Crippen LogP contribution in [0.25, 0.3) is 6.08 Å². The summed E-state index contributed by atoms with van der Waals surface area (Å²) in [6.07, 6.45) is 3.17. The average Bonchev–Trinajstić information content (AvgIpc) is 2.71. The third kappa shape index (κ3) is 3.77. The van der Waals surface area contributed by atoms with Crippen molar-refractivity contribution in [3.05, 3.63) is 52.3 Å². The Hall–Kier alpha value is -2.07. The Morgan fingerprint density at radius 2 is 2.00 bits per heavy atom. The molecule has 0 radical (unpaired) electrons. The molecule has 5 heteroatoms. The summed E-state index contributed by atoms with van der Waals surface area (Å²) in [7, 11) is 0. The van der Waals surface area contributed by atoms with E-state index in [9.17, 15) is 9.90 Å². The van der Waals surface area contributed by atoms with Gasteiger partial charge >= 0.3 is 0 Å². The fraction of sp³-hybridized carbons (Fsp3) is 0.294. The van der Waals surface area contributed by atoms with E-state index in [4.69, 9.17) is 11.6 Å². The van der Waals surface area contributed by atoms with Gasteiger partial charge in [-0.15, -0.1) is 0 Å². The van der Waals surface area contributed by atoms with Gasteiger partial charge in [0.05, 0.1) is 5.69 Å². The van der Waals surface area contributed by atoms with Gasteiger partial charge in [0.25, 0.3) is 0 Å². The molecule has 22 heavy (non-hydrogen) atoms. The maximum absolute atomic E-state index is 12.1. The molecule has 0 spiro atoms. The third-order valence-corrected chi connectivity index (χ3v) is 3.60. The van der Waals surface area contributed by atoms with E-state index in [1.54, 1.807) is 22.9 Å². The zero-order chi connectivity index (χ0) is 16.3. The fourth-order valence-electron chi connectivity index (χ4n) is 2.10. The van der Waals surface area contributed by atoms with Crippen LogP contribution in [0.4, 0.5) is 0 Å². The molecule has 0 saturated carbocycles. The number of phenolic OH excluding ortho intramolecular Hbond substituents is 1. The Morgan fingerprint density at radius 3 is 2.59 bits per heavy atom. The first-order valence-electron chi connectivity index (χ1n) is 7.13. The molecule has 1 aromatic heterocycles. The van der Waals surface area contributed by atoms with E-state index in [1.807, 2.05) is 6.92 Å². The summed E-state index contributed by atoms with van der Waals surface area (Å²) < 4.78 is 1.76. The van der Waals surface area contributed by atoms with Crippen LogP contribution in [-0.2, 0) is 6.54 Å². The highest BCUT2D eigenvalue weighted by Gasteiger charge is 2.12. The first-order valence-corrected chi connectivity index (χ1v) is 7.50. The lowest BCUT2D eigenvalue weighted by Crippen LogP contribution is -2.06. The molecule has 1 N–H and O–H groups in total. The largest absolute Gasteiger partial charge is 0.508 e. The molecular formula is C17H19ClN2O2. The summed E-state index contributed by atoms with van der Waals surface area (Å²) in [6, 6.07) is 6.14. The van der Waals surface area contributed by atoms with Crippen molar-refractivity contribution in [1.82, 2.24) is 9.78 Å². The maximum Gasteiger partial charge on any atom is 0.185 e. The zero-order valence-electron chi connectivity index (χ0n) is 12.9. The van der Waals surface area contributed by atoms with E-state index in [-0.39, 0.29) is 11.5 Å². The molecule has 0 aliphatic carbocycles. The van der Waals surface area contributed by atoms with Gasteiger partial charge in [-0.25, -0.2) is 0 Å². The van der Waals surface area contributed by atoms with Gasteiger partial charge < -0.3 is 5.11 Å². The van der Waals surface area contributed by atoms with Crippen LogP contribution in [0.5, 0.6) is 5.75 Å². The first kappa shape index (κ1) is 16.3. The maximum atomic E-state index is 12.1. The second-order valence-electron chi connectivity index (χ2n) is 5.61. The summed E-state index contributed by atoms with van der Waals surface area (Å²) in [5.74, 6) is 0.425. The Kier molecular flexibility index (Phi) is 5.03. The molecule has 116 valence electrons. The highest BCUT2D eigenvalue weighted by atomic mass is 35.5. The molecule has 2 aromatic rings. The van der Waals surface area contributed by atoms with Crippen molar-refractivity contribution in [3.8, 4) is 5.75 Å². The predicted molar refractivity (Wildman–Crippen MR) is 88.3 cm³/mol. The van der Waals surface area contributed by atoms with Gasteiger partial charge in [-0.3, -0.25) is 9.48 Å². The van der Waals surface area contributed by atoms with Crippen LogP contribution in [0.1, 0.15) is 35.5 Å². The van der Waals surface area contributed by atoms with Crippen LogP contribution in [0.3, 0.4) is 0 Å². The molecule has 0 saturated heterocycles. The van der Waals surface area contributed by atoms with Crippen LogP contribution in [0, 0.1) is 12.8 Å². The second kappa shape index (κ2) is 6.79. The molecule has 0 bridgehead atoms. The van der Waals surface area contributed by atoms with E-state index >= 15 is 0 Å². The third-order valence-electron chi connectivity index (χ3n) is 3.20. The zero-order valence-corrected chi connectivity index (χ0v) is 13.6. The number of carbonyl (C=O) groups is 1. The minimum atomic E-state index is -0.146. The van der Waals surface area contributed by atoms with Gasteiger partial charge in [-0.2, -0.15) is 5.10 Å². The topological polar surface area (TPSA) is 55.1 Å². The molecule has 1 aromatic carbocycles. The van der Waals surface area contributed by atoms with Gasteiger partial charge in [0.15, 0.2) is 5.78 Å². The van der Waals surface area contributed by atoms with Crippen molar-refractivity contribution in [2.45, 2.75) is 27.3 Å². The minimum absolute atomic E-state index is 0.134. The van der Waals surface area contributed by atoms with E-state index in [1.165, 1.54) is 18.2 Å². The smallest absolute Gasteiger partial charge is 0.185 e. The summed E-state index contributed by atoms with van der Waals surface area (Å²) in [6.45, 7) is 6.79. The molecule has 0 fully saturated rings. The van der Waals surface area contributed by atoms with Gasteiger partial charge in [-0.1, -0.05) is 25.4 Å². The molecule has 0 aliphatic heterocycles. The van der Waals surface area contributed by atoms with Crippen molar-refractivity contribution >= 4 is 23.5 Å². The number of allylic oxidation sites excluding steroid dienone is 1. The van der Waals surface area contributed by atoms with Crippen molar-refractivity contribution in [2.75, 3.05) is 0 Å². The van der Waals surface area contributed by atoms with Crippen LogP contribution < -0.4 is 0 Å². The molecule has 4 nitrogen and oxygen atoms in total. The molecule has 1 heterocycles. The Morgan fingerprint density at radius 1 is 1.36 bits per heavy atom. The lowest BCUT2D eigenvalue weighted by molar-refractivity contribution is 0.104. The Balaban J connectivity index is 2.21. The molecule has 2 rings (SSSR count). The SMILES string of the molecule is Cc1nn(CC(C)C)c(Cl)c1/C=C/C(=O)c1ccc(O)cc1. The predicted octanol–water partition coefficient (Wildman–Crippen LogP) is 4.10. The number of nitrogens with zero attached hydrogens (tertiary/aromatic N) is 2. The standard InChI is InChI=1S/C17H19ClN2O2/c1-11(2)10-20-17(18)15(12(3)19-20)8-9-16(22)13-4-6-14(21)7-5-13/h4-9,11,21H,10H2,1-3H3/b9-8+. The fourth-order valence-corrected chi connectivity index (χ4v) is 2.41. The number of hydrogen-bond donors (Lipinski definition) is 1. The van der Waals surface area contributed by atoms with Gasteiger partial charge in [-0.05, 0) is 49.3 Å².